The lowest BCUT2D eigenvalue weighted by atomic mass is 10.3. The fourth-order valence-corrected chi connectivity index (χ4v) is 1.37. The van der Waals surface area contributed by atoms with Crippen molar-refractivity contribution in [2.24, 2.45) is 0 Å². The summed E-state index contributed by atoms with van der Waals surface area (Å²) in [6.07, 6.45) is 1.34. The molecule has 0 aliphatic heterocycles. The van der Waals surface area contributed by atoms with E-state index in [0.717, 1.165) is 6.07 Å². The lowest BCUT2D eigenvalue weighted by Crippen LogP contribution is -2.15. The molecule has 20 heavy (non-hydrogen) atoms. The lowest BCUT2D eigenvalue weighted by molar-refractivity contribution is -0.145. The summed E-state index contributed by atoms with van der Waals surface area (Å²) in [4.78, 5) is 18.9. The Morgan fingerprint density at radius 2 is 2.35 bits per heavy atom. The lowest BCUT2D eigenvalue weighted by Gasteiger charge is -2.00. The van der Waals surface area contributed by atoms with E-state index in [1.54, 1.807) is 6.92 Å². The second kappa shape index (κ2) is 5.95. The van der Waals surface area contributed by atoms with Crippen molar-refractivity contribution in [2.45, 2.75) is 6.92 Å². The largest absolute Gasteiger partial charge is 0.463 e. The van der Waals surface area contributed by atoms with E-state index in [1.807, 2.05) is 0 Å². The normalized spacial score (nSPS) is 10.3. The molecule has 0 fully saturated rings. The first-order valence-electron chi connectivity index (χ1n) is 5.67. The molecule has 0 radical (unpaired) electrons. The highest BCUT2D eigenvalue weighted by Crippen LogP contribution is 2.19. The third-order valence-corrected chi connectivity index (χ3v) is 2.17. The van der Waals surface area contributed by atoms with Gasteiger partial charge in [-0.2, -0.15) is 4.98 Å². The summed E-state index contributed by atoms with van der Waals surface area (Å²) in [7, 11) is 0. The predicted molar refractivity (Wildman–Crippen MR) is 62.5 cm³/mol. The summed E-state index contributed by atoms with van der Waals surface area (Å²) in [6.45, 7) is 1.46. The molecule has 0 unspecified atom stereocenters. The predicted octanol–water partition coefficient (Wildman–Crippen LogP) is 0.658. The maximum absolute atomic E-state index is 13.5. The van der Waals surface area contributed by atoms with Crippen molar-refractivity contribution < 1.29 is 23.9 Å². The highest BCUT2D eigenvalue weighted by Gasteiger charge is 2.18. The molecule has 2 aromatic heterocycles. The van der Waals surface area contributed by atoms with Gasteiger partial charge in [-0.25, -0.2) is 14.2 Å². The highest BCUT2D eigenvalue weighted by molar-refractivity contribution is 5.70. The molecule has 0 spiro atoms. The van der Waals surface area contributed by atoms with Crippen molar-refractivity contribution in [1.82, 2.24) is 19.9 Å². The number of rotatable bonds is 5. The fraction of sp³-hybridized carbons (Fsp3) is 0.273. The molecular weight excluding hydrogens is 271 g/mol. The van der Waals surface area contributed by atoms with E-state index in [2.05, 4.69) is 19.8 Å². The van der Waals surface area contributed by atoms with Gasteiger partial charge in [0.1, 0.15) is 5.69 Å². The molecular formula is C11H11FN4O4. The molecule has 1 N–H and O–H groups in total. The van der Waals surface area contributed by atoms with Crippen LogP contribution >= 0.6 is 0 Å². The Morgan fingerprint density at radius 1 is 1.55 bits per heavy atom. The van der Waals surface area contributed by atoms with Gasteiger partial charge < -0.3 is 14.7 Å². The topological polar surface area (TPSA) is 99.4 Å². The van der Waals surface area contributed by atoms with E-state index in [-0.39, 0.29) is 24.1 Å². The van der Waals surface area contributed by atoms with Crippen LogP contribution in [-0.2, 0) is 9.53 Å². The first kappa shape index (κ1) is 13.7. The molecule has 0 bridgehead atoms. The second-order valence-electron chi connectivity index (χ2n) is 3.53. The molecule has 0 aromatic carbocycles. The quantitative estimate of drug-likeness (QED) is 0.635. The standard InChI is InChI=1S/C11H11FN4O4/c1-2-19-8(17)6-20-11-14-10(16(18)15-11)9-7(12)4-3-5-13-9/h3-5,18H,2,6H2,1H3. The Hall–Kier alpha value is -2.71. The van der Waals surface area contributed by atoms with Gasteiger partial charge in [0, 0.05) is 6.20 Å². The number of hydrogen-bond donors (Lipinski definition) is 1. The highest BCUT2D eigenvalue weighted by atomic mass is 19.1. The Bertz CT molecular complexity index is 616. The number of aromatic nitrogens is 4. The van der Waals surface area contributed by atoms with E-state index in [1.165, 1.54) is 12.3 Å². The van der Waals surface area contributed by atoms with E-state index >= 15 is 0 Å². The molecule has 2 rings (SSSR count). The minimum Gasteiger partial charge on any atom is -0.463 e. The van der Waals surface area contributed by atoms with E-state index < -0.39 is 18.4 Å². The summed E-state index contributed by atoms with van der Waals surface area (Å²) in [6, 6.07) is 2.27. The zero-order chi connectivity index (χ0) is 14.5. The van der Waals surface area contributed by atoms with Gasteiger partial charge in [0.15, 0.2) is 12.4 Å². The minimum absolute atomic E-state index is 0.187. The number of hydrogen-bond acceptors (Lipinski definition) is 7. The van der Waals surface area contributed by atoms with Crippen molar-refractivity contribution in [3.8, 4) is 17.5 Å². The molecule has 0 atom stereocenters. The number of ether oxygens (including phenoxy) is 2. The van der Waals surface area contributed by atoms with Gasteiger partial charge in [0.05, 0.1) is 6.61 Å². The van der Waals surface area contributed by atoms with Crippen LogP contribution in [0.25, 0.3) is 11.5 Å². The van der Waals surface area contributed by atoms with Gasteiger partial charge in [-0.15, -0.1) is 0 Å². The number of nitrogens with zero attached hydrogens (tertiary/aromatic N) is 4. The molecule has 2 aromatic rings. The molecule has 8 nitrogen and oxygen atoms in total. The summed E-state index contributed by atoms with van der Waals surface area (Å²) in [5, 5.41) is 13.0. The van der Waals surface area contributed by atoms with Crippen molar-refractivity contribution >= 4 is 5.97 Å². The zero-order valence-corrected chi connectivity index (χ0v) is 10.5. The molecule has 0 amide bonds. The van der Waals surface area contributed by atoms with Crippen LogP contribution in [0.15, 0.2) is 18.3 Å². The van der Waals surface area contributed by atoms with Gasteiger partial charge in [-0.3, -0.25) is 0 Å². The maximum atomic E-state index is 13.5. The number of carbonyl (C=O) groups is 1. The molecule has 2 heterocycles. The smallest absolute Gasteiger partial charge is 0.344 e. The van der Waals surface area contributed by atoms with Gasteiger partial charge in [0.2, 0.25) is 5.82 Å². The van der Waals surface area contributed by atoms with Crippen LogP contribution in [-0.4, -0.2) is 44.3 Å². The van der Waals surface area contributed by atoms with Crippen LogP contribution in [0.3, 0.4) is 0 Å². The van der Waals surface area contributed by atoms with E-state index in [0.29, 0.717) is 4.85 Å². The fourth-order valence-electron chi connectivity index (χ4n) is 1.37. The molecule has 106 valence electrons. The molecule has 0 aliphatic carbocycles. The Morgan fingerprint density at radius 3 is 3.05 bits per heavy atom. The number of pyridine rings is 1. The molecule has 0 aliphatic rings. The van der Waals surface area contributed by atoms with Crippen molar-refractivity contribution in [3.63, 3.8) is 0 Å². The van der Waals surface area contributed by atoms with Crippen molar-refractivity contribution in [1.29, 1.82) is 0 Å². The van der Waals surface area contributed by atoms with E-state index in [9.17, 15) is 14.4 Å². The summed E-state index contributed by atoms with van der Waals surface area (Å²) >= 11 is 0. The van der Waals surface area contributed by atoms with Crippen LogP contribution in [0.2, 0.25) is 0 Å². The molecule has 0 saturated carbocycles. The molecule has 9 heteroatoms. The van der Waals surface area contributed by atoms with Crippen molar-refractivity contribution in [2.75, 3.05) is 13.2 Å². The first-order valence-corrected chi connectivity index (χ1v) is 5.67. The average Bonchev–Trinajstić information content (AvgIpc) is 2.79. The number of esters is 1. The van der Waals surface area contributed by atoms with Crippen LogP contribution in [0, 0.1) is 5.82 Å². The Balaban J connectivity index is 2.14. The summed E-state index contributed by atoms with van der Waals surface area (Å²) in [5.41, 5.74) is -0.187. The first-order chi connectivity index (χ1) is 9.61. The van der Waals surface area contributed by atoms with E-state index in [4.69, 9.17) is 4.74 Å². The SMILES string of the molecule is CCOC(=O)COc1nc(-c2ncccc2F)n(O)n1. The number of halogens is 1. The third-order valence-electron chi connectivity index (χ3n) is 2.17. The summed E-state index contributed by atoms with van der Waals surface area (Å²) in [5.74, 6) is -1.51. The van der Waals surface area contributed by atoms with Crippen LogP contribution in [0.5, 0.6) is 6.01 Å². The maximum Gasteiger partial charge on any atom is 0.344 e. The minimum atomic E-state index is -0.674. The Kier molecular flexibility index (Phi) is 4.08. The van der Waals surface area contributed by atoms with Crippen LogP contribution in [0.4, 0.5) is 4.39 Å². The van der Waals surface area contributed by atoms with Crippen LogP contribution < -0.4 is 4.74 Å². The van der Waals surface area contributed by atoms with Gasteiger partial charge in [-0.05, 0) is 19.1 Å². The van der Waals surface area contributed by atoms with Gasteiger partial charge >= 0.3 is 12.0 Å². The second-order valence-corrected chi connectivity index (χ2v) is 3.53. The Labute approximate surface area is 112 Å². The zero-order valence-electron chi connectivity index (χ0n) is 10.5. The summed E-state index contributed by atoms with van der Waals surface area (Å²) < 4.78 is 23.1. The monoisotopic (exact) mass is 282 g/mol. The van der Waals surface area contributed by atoms with Gasteiger partial charge in [0.25, 0.3) is 0 Å². The van der Waals surface area contributed by atoms with Gasteiger partial charge in [-0.1, -0.05) is 9.94 Å². The molecule has 0 saturated heterocycles. The number of carbonyl (C=O) groups excluding carboxylic acids is 1. The third kappa shape index (κ3) is 2.99. The van der Waals surface area contributed by atoms with Crippen LogP contribution in [0.1, 0.15) is 6.92 Å². The van der Waals surface area contributed by atoms with Crippen molar-refractivity contribution in [3.05, 3.63) is 24.1 Å². The average molecular weight is 282 g/mol.